The Kier molecular flexibility index (Phi) is 4.27. The van der Waals surface area contributed by atoms with E-state index in [2.05, 4.69) is 26.5 Å². The summed E-state index contributed by atoms with van der Waals surface area (Å²) in [4.78, 5) is 21.2. The van der Waals surface area contributed by atoms with Crippen LogP contribution in [0.3, 0.4) is 0 Å². The number of aromatic nitrogens is 4. The lowest BCUT2D eigenvalue weighted by Gasteiger charge is -2.09. The van der Waals surface area contributed by atoms with Gasteiger partial charge in [0, 0.05) is 17.0 Å². The van der Waals surface area contributed by atoms with E-state index in [9.17, 15) is 10.1 Å². The van der Waals surface area contributed by atoms with Crippen LogP contribution < -0.4 is 5.32 Å². The van der Waals surface area contributed by atoms with Gasteiger partial charge in [0.15, 0.2) is 5.82 Å². The Morgan fingerprint density at radius 3 is 2.36 bits per heavy atom. The molecular formula is C18H16N6O. The minimum Gasteiger partial charge on any atom is -0.305 e. The molecular weight excluding hydrogens is 316 g/mol. The van der Waals surface area contributed by atoms with E-state index in [0.717, 1.165) is 11.4 Å². The molecule has 0 aliphatic carbocycles. The van der Waals surface area contributed by atoms with Crippen molar-refractivity contribution in [1.29, 1.82) is 5.26 Å². The summed E-state index contributed by atoms with van der Waals surface area (Å²) in [5.74, 6) is 0.243. The summed E-state index contributed by atoms with van der Waals surface area (Å²) in [6.45, 7) is 5.40. The smallest absolute Gasteiger partial charge is 0.256 e. The van der Waals surface area contributed by atoms with Crippen LogP contribution in [0.1, 0.15) is 33.0 Å². The molecule has 1 amide bonds. The Balaban J connectivity index is 2.09. The third-order valence-corrected chi connectivity index (χ3v) is 3.60. The number of aryl methyl sites for hydroxylation is 3. The lowest BCUT2D eigenvalue weighted by molar-refractivity contribution is 0.102. The number of rotatable bonds is 3. The van der Waals surface area contributed by atoms with E-state index in [0.29, 0.717) is 17.2 Å². The molecule has 1 aromatic carbocycles. The molecule has 2 heterocycles. The summed E-state index contributed by atoms with van der Waals surface area (Å²) in [6.07, 6.45) is 0. The van der Waals surface area contributed by atoms with Crippen LogP contribution in [0.25, 0.3) is 5.95 Å². The third-order valence-electron chi connectivity index (χ3n) is 3.60. The van der Waals surface area contributed by atoms with Crippen LogP contribution >= 0.6 is 0 Å². The zero-order chi connectivity index (χ0) is 18.0. The van der Waals surface area contributed by atoms with Gasteiger partial charge in [0.25, 0.3) is 11.9 Å². The van der Waals surface area contributed by atoms with Gasteiger partial charge in [0.1, 0.15) is 11.6 Å². The number of amides is 1. The number of carbonyl (C=O) groups is 1. The van der Waals surface area contributed by atoms with Gasteiger partial charge < -0.3 is 5.32 Å². The van der Waals surface area contributed by atoms with Crippen molar-refractivity contribution in [2.75, 3.05) is 5.32 Å². The van der Waals surface area contributed by atoms with E-state index in [1.807, 2.05) is 26.0 Å². The van der Waals surface area contributed by atoms with Gasteiger partial charge in [-0.25, -0.2) is 9.97 Å². The second-order valence-corrected chi connectivity index (χ2v) is 5.60. The fourth-order valence-electron chi connectivity index (χ4n) is 2.49. The van der Waals surface area contributed by atoms with Crippen molar-refractivity contribution in [3.8, 4) is 12.0 Å². The number of hydrogen-bond acceptors (Lipinski definition) is 5. The molecule has 2 aromatic heterocycles. The summed E-state index contributed by atoms with van der Waals surface area (Å²) in [5.41, 5.74) is 2.81. The van der Waals surface area contributed by atoms with Crippen LogP contribution in [-0.4, -0.2) is 25.7 Å². The van der Waals surface area contributed by atoms with Gasteiger partial charge in [-0.05, 0) is 39.0 Å². The Bertz CT molecular complexity index is 965. The number of anilines is 1. The lowest BCUT2D eigenvalue weighted by atomic mass is 10.2. The molecule has 0 saturated carbocycles. The number of nitriles is 1. The fraction of sp³-hybridized carbons (Fsp3) is 0.167. The summed E-state index contributed by atoms with van der Waals surface area (Å²) < 4.78 is 1.40. The first kappa shape index (κ1) is 16.3. The summed E-state index contributed by atoms with van der Waals surface area (Å²) in [7, 11) is 0. The predicted octanol–water partition coefficient (Wildman–Crippen LogP) is 2.71. The van der Waals surface area contributed by atoms with Gasteiger partial charge in [-0.1, -0.05) is 18.2 Å². The first-order valence-electron chi connectivity index (χ1n) is 7.68. The first-order chi connectivity index (χ1) is 12.0. The number of carbonyl (C=O) groups excluding carboxylic acids is 1. The molecule has 0 aliphatic heterocycles. The lowest BCUT2D eigenvalue weighted by Crippen LogP contribution is -2.17. The van der Waals surface area contributed by atoms with Gasteiger partial charge in [0.05, 0.1) is 5.69 Å². The number of nitrogens with zero attached hydrogens (tertiary/aromatic N) is 5. The third kappa shape index (κ3) is 3.23. The molecule has 0 fully saturated rings. The van der Waals surface area contributed by atoms with Crippen LogP contribution in [0.5, 0.6) is 0 Å². The second-order valence-electron chi connectivity index (χ2n) is 5.60. The van der Waals surface area contributed by atoms with E-state index in [1.54, 1.807) is 31.2 Å². The molecule has 7 heteroatoms. The molecule has 0 unspecified atom stereocenters. The van der Waals surface area contributed by atoms with Gasteiger partial charge in [-0.15, -0.1) is 0 Å². The van der Waals surface area contributed by atoms with Crippen LogP contribution in [0, 0.1) is 32.1 Å². The molecule has 0 aliphatic rings. The van der Waals surface area contributed by atoms with Gasteiger partial charge in [0.2, 0.25) is 0 Å². The zero-order valence-electron chi connectivity index (χ0n) is 14.1. The maximum atomic E-state index is 12.5. The van der Waals surface area contributed by atoms with Crippen molar-refractivity contribution in [2.45, 2.75) is 20.8 Å². The van der Waals surface area contributed by atoms with Crippen molar-refractivity contribution in [3.63, 3.8) is 0 Å². The maximum absolute atomic E-state index is 12.5. The van der Waals surface area contributed by atoms with Crippen molar-refractivity contribution in [2.24, 2.45) is 0 Å². The molecule has 0 spiro atoms. The highest BCUT2D eigenvalue weighted by molar-refractivity contribution is 6.04. The summed E-state index contributed by atoms with van der Waals surface area (Å²) in [6, 6.07) is 12.7. The monoisotopic (exact) mass is 332 g/mol. The van der Waals surface area contributed by atoms with Gasteiger partial charge in [-0.2, -0.15) is 15.0 Å². The average molecular weight is 332 g/mol. The molecule has 124 valence electrons. The Morgan fingerprint density at radius 1 is 1.12 bits per heavy atom. The number of nitrogens with one attached hydrogen (secondary N) is 1. The Labute approximate surface area is 145 Å². The Morgan fingerprint density at radius 2 is 1.76 bits per heavy atom. The quantitative estimate of drug-likeness (QED) is 0.795. The van der Waals surface area contributed by atoms with E-state index in [1.165, 1.54) is 4.68 Å². The van der Waals surface area contributed by atoms with Gasteiger partial charge in [-0.3, -0.25) is 4.79 Å². The van der Waals surface area contributed by atoms with Crippen LogP contribution in [0.4, 0.5) is 5.82 Å². The molecule has 1 N–H and O–H groups in total. The largest absolute Gasteiger partial charge is 0.305 e. The van der Waals surface area contributed by atoms with E-state index < -0.39 is 0 Å². The standard InChI is InChI=1S/C18H16N6O/c1-11-9-12(2)21-18(20-11)24-16(15(10-19)13(3)23-24)22-17(25)14-7-5-4-6-8-14/h4-9H,1-3H3,(H,22,25). The highest BCUT2D eigenvalue weighted by Crippen LogP contribution is 2.22. The SMILES string of the molecule is Cc1cc(C)nc(-n2nc(C)c(C#N)c2NC(=O)c2ccccc2)n1. The highest BCUT2D eigenvalue weighted by atomic mass is 16.1. The van der Waals surface area contributed by atoms with Crippen molar-refractivity contribution in [1.82, 2.24) is 19.7 Å². The molecule has 0 radical (unpaired) electrons. The van der Waals surface area contributed by atoms with Crippen molar-refractivity contribution >= 4 is 11.7 Å². The zero-order valence-corrected chi connectivity index (χ0v) is 14.1. The second kappa shape index (κ2) is 6.53. The average Bonchev–Trinajstić information content (AvgIpc) is 2.90. The summed E-state index contributed by atoms with van der Waals surface area (Å²) in [5, 5.41) is 16.6. The van der Waals surface area contributed by atoms with E-state index >= 15 is 0 Å². The van der Waals surface area contributed by atoms with Crippen molar-refractivity contribution in [3.05, 3.63) is 64.6 Å². The first-order valence-corrected chi connectivity index (χ1v) is 7.68. The molecule has 0 saturated heterocycles. The molecule has 3 aromatic rings. The number of benzene rings is 1. The van der Waals surface area contributed by atoms with Crippen LogP contribution in [-0.2, 0) is 0 Å². The fourth-order valence-corrected chi connectivity index (χ4v) is 2.49. The number of hydrogen-bond donors (Lipinski definition) is 1. The Hall–Kier alpha value is -3.53. The van der Waals surface area contributed by atoms with E-state index in [-0.39, 0.29) is 17.3 Å². The maximum Gasteiger partial charge on any atom is 0.256 e. The molecule has 0 atom stereocenters. The normalized spacial score (nSPS) is 10.3. The van der Waals surface area contributed by atoms with Crippen molar-refractivity contribution < 1.29 is 4.79 Å². The van der Waals surface area contributed by atoms with E-state index in [4.69, 9.17) is 0 Å². The topological polar surface area (TPSA) is 96.5 Å². The van der Waals surface area contributed by atoms with Crippen LogP contribution in [0.2, 0.25) is 0 Å². The highest BCUT2D eigenvalue weighted by Gasteiger charge is 2.21. The van der Waals surface area contributed by atoms with Crippen LogP contribution in [0.15, 0.2) is 36.4 Å². The summed E-state index contributed by atoms with van der Waals surface area (Å²) >= 11 is 0. The minimum absolute atomic E-state index is 0.263. The predicted molar refractivity (Wildman–Crippen MR) is 92.5 cm³/mol. The molecule has 0 bridgehead atoms. The van der Waals surface area contributed by atoms with Gasteiger partial charge >= 0.3 is 0 Å². The minimum atomic E-state index is -0.331. The molecule has 7 nitrogen and oxygen atoms in total. The molecule has 25 heavy (non-hydrogen) atoms. The molecule has 3 rings (SSSR count).